The smallest absolute Gasteiger partial charge is 0.263 e. The van der Waals surface area contributed by atoms with E-state index in [1.807, 2.05) is 0 Å². The van der Waals surface area contributed by atoms with Crippen LogP contribution in [0.3, 0.4) is 0 Å². The predicted molar refractivity (Wildman–Crippen MR) is 119 cm³/mol. The molecule has 29 heavy (non-hydrogen) atoms. The van der Waals surface area contributed by atoms with Gasteiger partial charge in [0.05, 0.1) is 23.6 Å². The molecular weight excluding hydrogens is 404 g/mol. The average molecular weight is 433 g/mol. The molecule has 2 aromatic rings. The van der Waals surface area contributed by atoms with Gasteiger partial charge < -0.3 is 4.90 Å². The van der Waals surface area contributed by atoms with Crippen LogP contribution in [0.5, 0.6) is 0 Å². The Morgan fingerprint density at radius 3 is 2.86 bits per heavy atom. The van der Waals surface area contributed by atoms with Crippen LogP contribution in [-0.2, 0) is 24.2 Å². The van der Waals surface area contributed by atoms with Gasteiger partial charge in [0.25, 0.3) is 5.56 Å². The molecule has 0 saturated carbocycles. The van der Waals surface area contributed by atoms with E-state index in [9.17, 15) is 9.59 Å². The Hall–Kier alpha value is -1.85. The molecule has 156 valence electrons. The van der Waals surface area contributed by atoms with E-state index in [1.54, 1.807) is 27.9 Å². The maximum absolute atomic E-state index is 13.4. The molecule has 2 heterocycles. The number of thioether (sulfide) groups is 1. The number of aromatic nitrogens is 2. The summed E-state index contributed by atoms with van der Waals surface area (Å²) in [6.45, 7) is 5.32. The van der Waals surface area contributed by atoms with Crippen LogP contribution in [0.15, 0.2) is 9.95 Å². The van der Waals surface area contributed by atoms with E-state index >= 15 is 0 Å². The Morgan fingerprint density at radius 1 is 1.38 bits per heavy atom. The first-order chi connectivity index (χ1) is 13.9. The van der Waals surface area contributed by atoms with Crippen molar-refractivity contribution < 1.29 is 4.79 Å². The van der Waals surface area contributed by atoms with Gasteiger partial charge in [0.15, 0.2) is 5.16 Å². The van der Waals surface area contributed by atoms with Gasteiger partial charge in [0.1, 0.15) is 4.83 Å². The minimum absolute atomic E-state index is 0.0443. The topological polar surface area (TPSA) is 79.0 Å². The maximum Gasteiger partial charge on any atom is 0.263 e. The summed E-state index contributed by atoms with van der Waals surface area (Å²) in [6.07, 6.45) is 5.51. The van der Waals surface area contributed by atoms with Crippen molar-refractivity contribution in [1.82, 2.24) is 14.5 Å². The zero-order valence-corrected chi connectivity index (χ0v) is 19.0. The molecule has 6 nitrogen and oxygen atoms in total. The van der Waals surface area contributed by atoms with Gasteiger partial charge in [-0.05, 0) is 43.6 Å². The van der Waals surface area contributed by atoms with Crippen LogP contribution in [-0.4, -0.2) is 39.7 Å². The zero-order chi connectivity index (χ0) is 21.0. The first-order valence-electron chi connectivity index (χ1n) is 10.2. The average Bonchev–Trinajstić information content (AvgIpc) is 3.07. The van der Waals surface area contributed by atoms with Crippen molar-refractivity contribution in [3.05, 3.63) is 20.8 Å². The van der Waals surface area contributed by atoms with E-state index in [0.717, 1.165) is 35.9 Å². The number of carbonyl (C=O) groups is 1. The van der Waals surface area contributed by atoms with Crippen LogP contribution in [0.4, 0.5) is 0 Å². The molecule has 0 aromatic carbocycles. The molecule has 2 aromatic heterocycles. The number of hydrogen-bond donors (Lipinski definition) is 0. The Bertz CT molecular complexity index is 987. The number of aryl methyl sites for hydroxylation is 2. The van der Waals surface area contributed by atoms with Crippen molar-refractivity contribution in [2.45, 2.75) is 64.1 Å². The highest BCUT2D eigenvalue weighted by Gasteiger charge is 2.23. The Balaban J connectivity index is 1.92. The van der Waals surface area contributed by atoms with Gasteiger partial charge in [-0.1, -0.05) is 25.6 Å². The molecule has 0 unspecified atom stereocenters. The third-order valence-corrected chi connectivity index (χ3v) is 7.43. The number of thiophene rings is 1. The van der Waals surface area contributed by atoms with Crippen LogP contribution in [0, 0.1) is 17.2 Å². The highest BCUT2D eigenvalue weighted by molar-refractivity contribution is 7.99. The van der Waals surface area contributed by atoms with Crippen LogP contribution < -0.4 is 5.56 Å². The van der Waals surface area contributed by atoms with Gasteiger partial charge in [0.2, 0.25) is 5.91 Å². The Labute approximate surface area is 179 Å². The van der Waals surface area contributed by atoms with Crippen LogP contribution in [0.1, 0.15) is 50.0 Å². The fourth-order valence-electron chi connectivity index (χ4n) is 3.49. The molecule has 0 spiro atoms. The number of fused-ring (bicyclic) bond motifs is 3. The Morgan fingerprint density at radius 2 is 2.14 bits per heavy atom. The van der Waals surface area contributed by atoms with Gasteiger partial charge in [0, 0.05) is 25.0 Å². The summed E-state index contributed by atoms with van der Waals surface area (Å²) in [5.41, 5.74) is 1.25. The number of nitriles is 1. The molecule has 0 saturated heterocycles. The first kappa shape index (κ1) is 21.8. The summed E-state index contributed by atoms with van der Waals surface area (Å²) in [4.78, 5) is 34.3. The molecular formula is C21H28N4O2S2. The molecule has 8 heteroatoms. The number of nitrogens with zero attached hydrogens (tertiary/aromatic N) is 4. The molecule has 0 atom stereocenters. The Kier molecular flexibility index (Phi) is 7.36. The van der Waals surface area contributed by atoms with Gasteiger partial charge >= 0.3 is 0 Å². The van der Waals surface area contributed by atoms with Crippen molar-refractivity contribution in [3.8, 4) is 6.07 Å². The standard InChI is InChI=1S/C21H28N4O2S2/c1-14(2)9-12-25-20(27)18-15-7-4-5-8-16(15)29-19(18)23-21(25)28-13-17(26)24(3)11-6-10-22/h14H,4-9,11-13H2,1-3H3. The van der Waals surface area contributed by atoms with Crippen LogP contribution >= 0.6 is 23.1 Å². The predicted octanol–water partition coefficient (Wildman–Crippen LogP) is 3.85. The molecule has 0 radical (unpaired) electrons. The molecule has 1 amide bonds. The van der Waals surface area contributed by atoms with E-state index in [1.165, 1.54) is 28.6 Å². The third-order valence-electron chi connectivity index (χ3n) is 5.28. The highest BCUT2D eigenvalue weighted by Crippen LogP contribution is 2.34. The lowest BCUT2D eigenvalue weighted by Crippen LogP contribution is -2.30. The highest BCUT2D eigenvalue weighted by atomic mass is 32.2. The largest absolute Gasteiger partial charge is 0.344 e. The zero-order valence-electron chi connectivity index (χ0n) is 17.4. The van der Waals surface area contributed by atoms with Gasteiger partial charge in [-0.15, -0.1) is 11.3 Å². The summed E-state index contributed by atoms with van der Waals surface area (Å²) < 4.78 is 1.77. The van der Waals surface area contributed by atoms with Gasteiger partial charge in [-0.3, -0.25) is 14.2 Å². The second-order valence-corrected chi connectivity index (χ2v) is 9.96. The van der Waals surface area contributed by atoms with Crippen molar-refractivity contribution >= 4 is 39.2 Å². The molecule has 1 aliphatic rings. The second kappa shape index (κ2) is 9.77. The lowest BCUT2D eigenvalue weighted by Gasteiger charge is -2.17. The van der Waals surface area contributed by atoms with Gasteiger partial charge in [-0.25, -0.2) is 4.98 Å². The lowest BCUT2D eigenvalue weighted by atomic mass is 9.97. The lowest BCUT2D eigenvalue weighted by molar-refractivity contribution is -0.127. The number of hydrogen-bond acceptors (Lipinski definition) is 6. The molecule has 3 rings (SSSR count). The minimum atomic E-state index is -0.0551. The van der Waals surface area contributed by atoms with E-state index in [0.29, 0.717) is 30.6 Å². The van der Waals surface area contributed by atoms with Crippen molar-refractivity contribution in [2.75, 3.05) is 19.3 Å². The van der Waals surface area contributed by atoms with E-state index in [4.69, 9.17) is 10.2 Å². The molecule has 1 aliphatic carbocycles. The van der Waals surface area contributed by atoms with Crippen molar-refractivity contribution in [3.63, 3.8) is 0 Å². The van der Waals surface area contributed by atoms with Crippen molar-refractivity contribution in [2.24, 2.45) is 5.92 Å². The van der Waals surface area contributed by atoms with E-state index in [-0.39, 0.29) is 17.2 Å². The van der Waals surface area contributed by atoms with Crippen LogP contribution in [0.2, 0.25) is 0 Å². The fraction of sp³-hybridized carbons (Fsp3) is 0.619. The van der Waals surface area contributed by atoms with E-state index < -0.39 is 0 Å². The second-order valence-electron chi connectivity index (χ2n) is 7.94. The van der Waals surface area contributed by atoms with E-state index in [2.05, 4.69) is 19.9 Å². The third kappa shape index (κ3) is 5.01. The first-order valence-corrected chi connectivity index (χ1v) is 12.0. The van der Waals surface area contributed by atoms with Crippen molar-refractivity contribution in [1.29, 1.82) is 5.26 Å². The quantitative estimate of drug-likeness (QED) is 0.468. The monoisotopic (exact) mass is 432 g/mol. The molecule has 0 N–H and O–H groups in total. The summed E-state index contributed by atoms with van der Waals surface area (Å²) in [7, 11) is 1.70. The normalized spacial score (nSPS) is 13.5. The molecule has 0 fully saturated rings. The summed E-state index contributed by atoms with van der Waals surface area (Å²) in [5.74, 6) is 0.637. The number of carbonyl (C=O) groups excluding carboxylic acids is 1. The summed E-state index contributed by atoms with van der Waals surface area (Å²) in [6, 6.07) is 2.06. The minimum Gasteiger partial charge on any atom is -0.344 e. The number of rotatable bonds is 8. The van der Waals surface area contributed by atoms with Gasteiger partial charge in [-0.2, -0.15) is 5.26 Å². The summed E-state index contributed by atoms with van der Waals surface area (Å²) >= 11 is 2.97. The molecule has 0 bridgehead atoms. The summed E-state index contributed by atoms with van der Waals surface area (Å²) in [5, 5.41) is 10.1. The fourth-order valence-corrected chi connectivity index (χ4v) is 5.76. The maximum atomic E-state index is 13.4. The molecule has 0 aliphatic heterocycles. The van der Waals surface area contributed by atoms with Crippen LogP contribution in [0.25, 0.3) is 10.2 Å². The number of amides is 1. The SMILES string of the molecule is CC(C)CCn1c(SCC(=O)N(C)CCC#N)nc2sc3c(c2c1=O)CCCC3.